The van der Waals surface area contributed by atoms with Gasteiger partial charge in [0.15, 0.2) is 0 Å². The molecule has 0 saturated carbocycles. The lowest BCUT2D eigenvalue weighted by Crippen LogP contribution is -2.28. The van der Waals surface area contributed by atoms with E-state index in [1.807, 2.05) is 11.9 Å². The van der Waals surface area contributed by atoms with Gasteiger partial charge in [-0.3, -0.25) is 0 Å². The monoisotopic (exact) mass is 268 g/mol. The molecule has 0 radical (unpaired) electrons. The van der Waals surface area contributed by atoms with Gasteiger partial charge < -0.3 is 19.9 Å². The highest BCUT2D eigenvalue weighted by atomic mass is 16.5. The van der Waals surface area contributed by atoms with Crippen molar-refractivity contribution >= 4 is 17.8 Å². The maximum Gasteiger partial charge on any atom is 0.231 e. The number of hydrogen-bond donors (Lipinski definition) is 1. The van der Waals surface area contributed by atoms with Gasteiger partial charge in [-0.2, -0.15) is 15.0 Å². The zero-order chi connectivity index (χ0) is 14.3. The van der Waals surface area contributed by atoms with Gasteiger partial charge in [-0.25, -0.2) is 0 Å². The third-order valence-corrected chi connectivity index (χ3v) is 2.85. The van der Waals surface area contributed by atoms with Crippen molar-refractivity contribution in [3.8, 4) is 0 Å². The Bertz CT molecular complexity index is 382. The summed E-state index contributed by atoms with van der Waals surface area (Å²) < 4.78 is 5.07. The Labute approximate surface area is 115 Å². The standard InChI is InChI=1S/C12H24N6O/c1-6-18(7-2)12-15-10(13-3)14-11(16-12)17(4)8-9-19-5/h6-9H2,1-5H3,(H,13,14,15,16). The van der Waals surface area contributed by atoms with Crippen LogP contribution in [0.25, 0.3) is 0 Å². The summed E-state index contributed by atoms with van der Waals surface area (Å²) in [5.74, 6) is 1.93. The van der Waals surface area contributed by atoms with Crippen molar-refractivity contribution in [1.82, 2.24) is 15.0 Å². The second kappa shape index (κ2) is 7.73. The number of rotatable bonds is 8. The van der Waals surface area contributed by atoms with Crippen molar-refractivity contribution in [2.45, 2.75) is 13.8 Å². The first-order chi connectivity index (χ1) is 9.15. The molecule has 0 spiro atoms. The molecule has 0 aromatic carbocycles. The number of nitrogens with zero attached hydrogens (tertiary/aromatic N) is 5. The third kappa shape index (κ3) is 4.20. The summed E-state index contributed by atoms with van der Waals surface area (Å²) in [6.45, 7) is 7.27. The van der Waals surface area contributed by atoms with E-state index in [4.69, 9.17) is 4.74 Å². The van der Waals surface area contributed by atoms with Crippen molar-refractivity contribution in [2.75, 3.05) is 62.6 Å². The summed E-state index contributed by atoms with van der Waals surface area (Å²) in [6.07, 6.45) is 0. The van der Waals surface area contributed by atoms with E-state index < -0.39 is 0 Å². The fraction of sp³-hybridized carbons (Fsp3) is 0.750. The number of methoxy groups -OCH3 is 1. The van der Waals surface area contributed by atoms with Crippen molar-refractivity contribution < 1.29 is 4.74 Å². The number of nitrogens with one attached hydrogen (secondary N) is 1. The molecule has 1 N–H and O–H groups in total. The van der Waals surface area contributed by atoms with Gasteiger partial charge >= 0.3 is 0 Å². The summed E-state index contributed by atoms with van der Waals surface area (Å²) in [5, 5.41) is 2.97. The van der Waals surface area contributed by atoms with Crippen LogP contribution in [0.4, 0.5) is 17.8 Å². The molecule has 1 aromatic heterocycles. The van der Waals surface area contributed by atoms with Crippen molar-refractivity contribution in [2.24, 2.45) is 0 Å². The molecule has 0 amide bonds. The molecule has 0 aliphatic rings. The largest absolute Gasteiger partial charge is 0.383 e. The Balaban J connectivity index is 3.00. The van der Waals surface area contributed by atoms with Gasteiger partial charge in [0, 0.05) is 40.8 Å². The molecule has 1 aromatic rings. The zero-order valence-corrected chi connectivity index (χ0v) is 12.5. The lowest BCUT2D eigenvalue weighted by atomic mass is 10.5. The van der Waals surface area contributed by atoms with Gasteiger partial charge in [-0.05, 0) is 13.8 Å². The minimum Gasteiger partial charge on any atom is -0.383 e. The fourth-order valence-electron chi connectivity index (χ4n) is 1.61. The molecule has 108 valence electrons. The van der Waals surface area contributed by atoms with Gasteiger partial charge in [0.25, 0.3) is 0 Å². The van der Waals surface area contributed by atoms with E-state index in [-0.39, 0.29) is 0 Å². The van der Waals surface area contributed by atoms with Crippen molar-refractivity contribution in [1.29, 1.82) is 0 Å². The highest BCUT2D eigenvalue weighted by Crippen LogP contribution is 2.15. The molecular formula is C12H24N6O. The van der Waals surface area contributed by atoms with Crippen molar-refractivity contribution in [3.63, 3.8) is 0 Å². The van der Waals surface area contributed by atoms with Crippen LogP contribution in [0.1, 0.15) is 13.8 Å². The smallest absolute Gasteiger partial charge is 0.231 e. The molecule has 0 saturated heterocycles. The molecule has 1 rings (SSSR count). The Morgan fingerprint density at radius 1 is 1.11 bits per heavy atom. The van der Waals surface area contributed by atoms with Crippen LogP contribution in [0.15, 0.2) is 0 Å². The van der Waals surface area contributed by atoms with Gasteiger partial charge in [0.2, 0.25) is 17.8 Å². The van der Waals surface area contributed by atoms with E-state index in [1.54, 1.807) is 14.2 Å². The molecule has 0 aliphatic heterocycles. The second-order valence-corrected chi connectivity index (χ2v) is 4.10. The second-order valence-electron chi connectivity index (χ2n) is 4.10. The van der Waals surface area contributed by atoms with Gasteiger partial charge in [0.1, 0.15) is 0 Å². The lowest BCUT2D eigenvalue weighted by molar-refractivity contribution is 0.206. The summed E-state index contributed by atoms with van der Waals surface area (Å²) in [6, 6.07) is 0. The molecular weight excluding hydrogens is 244 g/mol. The third-order valence-electron chi connectivity index (χ3n) is 2.85. The van der Waals surface area contributed by atoms with Gasteiger partial charge in [-0.15, -0.1) is 0 Å². The first-order valence-corrected chi connectivity index (χ1v) is 6.55. The maximum atomic E-state index is 5.07. The predicted molar refractivity (Wildman–Crippen MR) is 78.1 cm³/mol. The molecule has 19 heavy (non-hydrogen) atoms. The van der Waals surface area contributed by atoms with Crippen LogP contribution in [0.5, 0.6) is 0 Å². The van der Waals surface area contributed by atoms with E-state index in [0.29, 0.717) is 24.5 Å². The van der Waals surface area contributed by atoms with Crippen LogP contribution < -0.4 is 15.1 Å². The summed E-state index contributed by atoms with van der Waals surface area (Å²) >= 11 is 0. The van der Waals surface area contributed by atoms with Crippen LogP contribution in [-0.2, 0) is 4.74 Å². The van der Waals surface area contributed by atoms with Crippen molar-refractivity contribution in [3.05, 3.63) is 0 Å². The highest BCUT2D eigenvalue weighted by Gasteiger charge is 2.13. The number of hydrogen-bond acceptors (Lipinski definition) is 7. The summed E-state index contributed by atoms with van der Waals surface area (Å²) in [4.78, 5) is 17.3. The number of ether oxygens (including phenoxy) is 1. The molecule has 7 nitrogen and oxygen atoms in total. The van der Waals surface area contributed by atoms with Crippen LogP contribution in [0, 0.1) is 0 Å². The first-order valence-electron chi connectivity index (χ1n) is 6.55. The minimum atomic E-state index is 0.580. The Morgan fingerprint density at radius 3 is 2.26 bits per heavy atom. The predicted octanol–water partition coefficient (Wildman–Crippen LogP) is 0.842. The van der Waals surface area contributed by atoms with Gasteiger partial charge in [-0.1, -0.05) is 0 Å². The van der Waals surface area contributed by atoms with Crippen LogP contribution in [0.3, 0.4) is 0 Å². The summed E-state index contributed by atoms with van der Waals surface area (Å²) in [5.41, 5.74) is 0. The zero-order valence-electron chi connectivity index (χ0n) is 12.5. The Hall–Kier alpha value is -1.63. The Kier molecular flexibility index (Phi) is 6.27. The quantitative estimate of drug-likeness (QED) is 0.749. The number of likely N-dealkylation sites (N-methyl/N-ethyl adjacent to an activating group) is 1. The van der Waals surface area contributed by atoms with E-state index >= 15 is 0 Å². The average molecular weight is 268 g/mol. The average Bonchev–Trinajstić information content (AvgIpc) is 2.45. The molecule has 0 bridgehead atoms. The fourth-order valence-corrected chi connectivity index (χ4v) is 1.61. The van der Waals surface area contributed by atoms with E-state index in [2.05, 4.69) is 39.0 Å². The number of aromatic nitrogens is 3. The lowest BCUT2D eigenvalue weighted by Gasteiger charge is -2.22. The van der Waals surface area contributed by atoms with Crippen LogP contribution >= 0.6 is 0 Å². The molecule has 0 fully saturated rings. The SMILES string of the molecule is CCN(CC)c1nc(NC)nc(N(C)CCOC)n1. The van der Waals surface area contributed by atoms with E-state index in [1.165, 1.54) is 0 Å². The topological polar surface area (TPSA) is 66.4 Å². The molecule has 0 unspecified atom stereocenters. The Morgan fingerprint density at radius 2 is 1.74 bits per heavy atom. The van der Waals surface area contributed by atoms with Crippen LogP contribution in [-0.4, -0.2) is 62.4 Å². The minimum absolute atomic E-state index is 0.580. The molecule has 1 heterocycles. The maximum absolute atomic E-state index is 5.07. The molecule has 0 aliphatic carbocycles. The van der Waals surface area contributed by atoms with Crippen LogP contribution in [0.2, 0.25) is 0 Å². The molecule has 7 heteroatoms. The summed E-state index contributed by atoms with van der Waals surface area (Å²) in [7, 11) is 5.43. The van der Waals surface area contributed by atoms with Gasteiger partial charge in [0.05, 0.1) is 6.61 Å². The number of anilines is 3. The van der Waals surface area contributed by atoms with E-state index in [0.717, 1.165) is 19.6 Å². The molecule has 0 atom stereocenters. The highest BCUT2D eigenvalue weighted by molar-refractivity contribution is 5.44. The van der Waals surface area contributed by atoms with E-state index in [9.17, 15) is 0 Å². The normalized spacial score (nSPS) is 10.4. The first kappa shape index (κ1) is 15.4.